The van der Waals surface area contributed by atoms with Crippen molar-refractivity contribution in [3.63, 3.8) is 0 Å². The Balaban J connectivity index is 2.06. The van der Waals surface area contributed by atoms with Gasteiger partial charge in [-0.3, -0.25) is 0 Å². The molecule has 4 heteroatoms. The van der Waals surface area contributed by atoms with E-state index in [0.29, 0.717) is 24.5 Å². The fraction of sp³-hybridized carbons (Fsp3) is 0.750. The minimum absolute atomic E-state index is 0.478. The van der Waals surface area contributed by atoms with Crippen LogP contribution in [0.15, 0.2) is 6.07 Å². The smallest absolute Gasteiger partial charge is 0.226 e. The second-order valence-electron chi connectivity index (χ2n) is 5.66. The zero-order chi connectivity index (χ0) is 14.4. The van der Waals surface area contributed by atoms with Gasteiger partial charge in [0.1, 0.15) is 0 Å². The molecule has 1 aromatic heterocycles. The Morgan fingerprint density at radius 2 is 2.00 bits per heavy atom. The Morgan fingerprint density at radius 1 is 1.25 bits per heavy atom. The largest absolute Gasteiger partial charge is 0.478 e. The van der Waals surface area contributed by atoms with E-state index in [4.69, 9.17) is 4.74 Å². The maximum absolute atomic E-state index is 5.50. The van der Waals surface area contributed by atoms with Crippen molar-refractivity contribution in [2.75, 3.05) is 11.9 Å². The van der Waals surface area contributed by atoms with Crippen molar-refractivity contribution in [2.24, 2.45) is 5.92 Å². The van der Waals surface area contributed by atoms with Gasteiger partial charge in [0.15, 0.2) is 0 Å². The number of rotatable bonds is 6. The maximum atomic E-state index is 5.50. The molecule has 0 amide bonds. The first-order valence-corrected chi connectivity index (χ1v) is 7.98. The van der Waals surface area contributed by atoms with E-state index in [0.717, 1.165) is 18.0 Å². The summed E-state index contributed by atoms with van der Waals surface area (Å²) < 4.78 is 5.50. The number of anilines is 1. The molecule has 0 bridgehead atoms. The Hall–Kier alpha value is -1.32. The minimum Gasteiger partial charge on any atom is -0.478 e. The first kappa shape index (κ1) is 15.1. The van der Waals surface area contributed by atoms with E-state index in [1.54, 1.807) is 0 Å². The molecular weight excluding hydrogens is 250 g/mol. The normalized spacial score (nSPS) is 17.8. The molecule has 1 atom stereocenters. The SMILES string of the molecule is CCOc1cc(C)nc(NC(CC)C2CCCCC2)n1. The summed E-state index contributed by atoms with van der Waals surface area (Å²) in [6.45, 7) is 6.83. The minimum atomic E-state index is 0.478. The average molecular weight is 277 g/mol. The van der Waals surface area contributed by atoms with Crippen LogP contribution in [0.3, 0.4) is 0 Å². The van der Waals surface area contributed by atoms with Gasteiger partial charge in [-0.2, -0.15) is 4.98 Å². The standard InChI is InChI=1S/C16H27N3O/c1-4-14(13-9-7-6-8-10-13)18-16-17-12(3)11-15(19-16)20-5-2/h11,13-14H,4-10H2,1-3H3,(H,17,18,19). The third-order valence-electron chi connectivity index (χ3n) is 4.10. The third-order valence-corrected chi connectivity index (χ3v) is 4.10. The second-order valence-corrected chi connectivity index (χ2v) is 5.66. The molecular formula is C16H27N3O. The summed E-state index contributed by atoms with van der Waals surface area (Å²) in [6.07, 6.45) is 7.89. The fourth-order valence-corrected chi connectivity index (χ4v) is 3.08. The highest BCUT2D eigenvalue weighted by Gasteiger charge is 2.23. The molecule has 1 N–H and O–H groups in total. The summed E-state index contributed by atoms with van der Waals surface area (Å²) in [7, 11) is 0. The van der Waals surface area contributed by atoms with Gasteiger partial charge in [-0.1, -0.05) is 26.2 Å². The lowest BCUT2D eigenvalue weighted by molar-refractivity contribution is 0.310. The van der Waals surface area contributed by atoms with Crippen LogP contribution < -0.4 is 10.1 Å². The Morgan fingerprint density at radius 3 is 2.65 bits per heavy atom. The molecule has 1 unspecified atom stereocenters. The van der Waals surface area contributed by atoms with Crippen molar-refractivity contribution in [2.45, 2.75) is 65.3 Å². The lowest BCUT2D eigenvalue weighted by atomic mass is 9.83. The van der Waals surface area contributed by atoms with Gasteiger partial charge in [0.2, 0.25) is 11.8 Å². The van der Waals surface area contributed by atoms with Crippen LogP contribution in [0.2, 0.25) is 0 Å². The number of hydrogen-bond donors (Lipinski definition) is 1. The van der Waals surface area contributed by atoms with E-state index in [9.17, 15) is 0 Å². The van der Waals surface area contributed by atoms with Gasteiger partial charge in [0.25, 0.3) is 0 Å². The summed E-state index contributed by atoms with van der Waals surface area (Å²) in [5, 5.41) is 3.54. The maximum Gasteiger partial charge on any atom is 0.226 e. The highest BCUT2D eigenvalue weighted by Crippen LogP contribution is 2.29. The number of hydrogen-bond acceptors (Lipinski definition) is 4. The lowest BCUT2D eigenvalue weighted by Crippen LogP contribution is -2.31. The van der Waals surface area contributed by atoms with Gasteiger partial charge in [0.05, 0.1) is 6.61 Å². The number of nitrogens with one attached hydrogen (secondary N) is 1. The van der Waals surface area contributed by atoms with Crippen molar-refractivity contribution < 1.29 is 4.74 Å². The lowest BCUT2D eigenvalue weighted by Gasteiger charge is -2.30. The van der Waals surface area contributed by atoms with E-state index in [-0.39, 0.29) is 0 Å². The van der Waals surface area contributed by atoms with E-state index >= 15 is 0 Å². The van der Waals surface area contributed by atoms with E-state index in [1.165, 1.54) is 32.1 Å². The van der Waals surface area contributed by atoms with Gasteiger partial charge in [-0.25, -0.2) is 4.98 Å². The zero-order valence-electron chi connectivity index (χ0n) is 13.0. The van der Waals surface area contributed by atoms with Crippen molar-refractivity contribution in [3.8, 4) is 5.88 Å². The van der Waals surface area contributed by atoms with E-state index < -0.39 is 0 Å². The van der Waals surface area contributed by atoms with Crippen LogP contribution in [0.25, 0.3) is 0 Å². The summed E-state index contributed by atoms with van der Waals surface area (Å²) in [5.74, 6) is 2.14. The van der Waals surface area contributed by atoms with E-state index in [2.05, 4.69) is 22.2 Å². The third kappa shape index (κ3) is 4.09. The summed E-state index contributed by atoms with van der Waals surface area (Å²) in [5.41, 5.74) is 0.949. The molecule has 1 aromatic rings. The molecule has 1 saturated carbocycles. The van der Waals surface area contributed by atoms with E-state index in [1.807, 2.05) is 19.9 Å². The van der Waals surface area contributed by atoms with Gasteiger partial charge in [-0.15, -0.1) is 0 Å². The Kier molecular flexibility index (Phi) is 5.62. The zero-order valence-corrected chi connectivity index (χ0v) is 13.0. The van der Waals surface area contributed by atoms with Gasteiger partial charge in [0, 0.05) is 17.8 Å². The van der Waals surface area contributed by atoms with Crippen LogP contribution >= 0.6 is 0 Å². The summed E-state index contributed by atoms with van der Waals surface area (Å²) >= 11 is 0. The van der Waals surface area contributed by atoms with Gasteiger partial charge in [-0.05, 0) is 39.0 Å². The molecule has 4 nitrogen and oxygen atoms in total. The van der Waals surface area contributed by atoms with Crippen LogP contribution in [-0.4, -0.2) is 22.6 Å². The first-order valence-electron chi connectivity index (χ1n) is 7.98. The van der Waals surface area contributed by atoms with Crippen LogP contribution in [0, 0.1) is 12.8 Å². The number of nitrogens with zero attached hydrogens (tertiary/aromatic N) is 2. The second kappa shape index (κ2) is 7.46. The summed E-state index contributed by atoms with van der Waals surface area (Å²) in [6, 6.07) is 2.36. The molecule has 0 saturated heterocycles. The molecule has 20 heavy (non-hydrogen) atoms. The van der Waals surface area contributed by atoms with Crippen molar-refractivity contribution >= 4 is 5.95 Å². The number of aryl methyl sites for hydroxylation is 1. The average Bonchev–Trinajstić information content (AvgIpc) is 2.45. The Labute approximate surface area is 122 Å². The number of aromatic nitrogens is 2. The molecule has 0 aromatic carbocycles. The van der Waals surface area contributed by atoms with Crippen molar-refractivity contribution in [1.82, 2.24) is 9.97 Å². The molecule has 0 spiro atoms. The van der Waals surface area contributed by atoms with Gasteiger partial charge < -0.3 is 10.1 Å². The molecule has 1 fully saturated rings. The molecule has 0 aliphatic heterocycles. The molecule has 0 radical (unpaired) electrons. The van der Waals surface area contributed by atoms with Crippen LogP contribution in [0.1, 0.15) is 58.1 Å². The molecule has 2 rings (SSSR count). The molecule has 112 valence electrons. The topological polar surface area (TPSA) is 47.0 Å². The monoisotopic (exact) mass is 277 g/mol. The molecule has 1 aliphatic rings. The number of ether oxygens (including phenoxy) is 1. The molecule has 1 heterocycles. The highest BCUT2D eigenvalue weighted by molar-refractivity contribution is 5.32. The Bertz CT molecular complexity index is 416. The van der Waals surface area contributed by atoms with Crippen LogP contribution in [0.5, 0.6) is 5.88 Å². The van der Waals surface area contributed by atoms with Crippen LogP contribution in [-0.2, 0) is 0 Å². The fourth-order valence-electron chi connectivity index (χ4n) is 3.08. The van der Waals surface area contributed by atoms with Gasteiger partial charge >= 0.3 is 0 Å². The van der Waals surface area contributed by atoms with Crippen molar-refractivity contribution in [1.29, 1.82) is 0 Å². The van der Waals surface area contributed by atoms with Crippen molar-refractivity contribution in [3.05, 3.63) is 11.8 Å². The highest BCUT2D eigenvalue weighted by atomic mass is 16.5. The molecule has 1 aliphatic carbocycles. The predicted octanol–water partition coefficient (Wildman–Crippen LogP) is 3.95. The quantitative estimate of drug-likeness (QED) is 0.855. The predicted molar refractivity (Wildman–Crippen MR) is 82.2 cm³/mol. The van der Waals surface area contributed by atoms with Crippen LogP contribution in [0.4, 0.5) is 5.95 Å². The first-order chi connectivity index (χ1) is 9.72. The summed E-state index contributed by atoms with van der Waals surface area (Å²) in [4.78, 5) is 8.96.